The highest BCUT2D eigenvalue weighted by Gasteiger charge is 2.02. The van der Waals surface area contributed by atoms with Crippen molar-refractivity contribution >= 4 is 38.9 Å². The zero-order valence-corrected chi connectivity index (χ0v) is 10.4. The molecule has 2 nitrogen and oxygen atoms in total. The quantitative estimate of drug-likeness (QED) is 0.833. The number of pyridine rings is 1. The summed E-state index contributed by atoms with van der Waals surface area (Å²) in [7, 11) is 0. The van der Waals surface area contributed by atoms with Gasteiger partial charge in [0.05, 0.1) is 5.69 Å². The van der Waals surface area contributed by atoms with Crippen molar-refractivity contribution in [2.75, 3.05) is 5.32 Å². The number of aromatic nitrogens is 1. The van der Waals surface area contributed by atoms with Crippen molar-refractivity contribution in [2.24, 2.45) is 0 Å². The monoisotopic (exact) mass is 300 g/mol. The van der Waals surface area contributed by atoms with Crippen molar-refractivity contribution in [3.05, 3.63) is 52.0 Å². The molecule has 0 unspecified atom stereocenters. The lowest BCUT2D eigenvalue weighted by atomic mass is 10.3. The molecule has 2 aromatic rings. The average molecular weight is 302 g/mol. The lowest BCUT2D eigenvalue weighted by Crippen LogP contribution is -1.92. The first-order valence-electron chi connectivity index (χ1n) is 4.49. The normalized spacial score (nSPS) is 10.2. The van der Waals surface area contributed by atoms with E-state index < -0.39 is 0 Å². The van der Waals surface area contributed by atoms with Crippen molar-refractivity contribution in [2.45, 2.75) is 0 Å². The van der Waals surface area contributed by atoms with E-state index in [4.69, 9.17) is 11.6 Å². The molecule has 0 aliphatic rings. The largest absolute Gasteiger partial charge is 0.354 e. The van der Waals surface area contributed by atoms with Gasteiger partial charge in [0.2, 0.25) is 0 Å². The van der Waals surface area contributed by atoms with Crippen LogP contribution in [-0.4, -0.2) is 4.98 Å². The van der Waals surface area contributed by atoms with Gasteiger partial charge in [-0.05, 0) is 46.3 Å². The molecule has 0 spiro atoms. The van der Waals surface area contributed by atoms with E-state index >= 15 is 0 Å². The fraction of sp³-hybridized carbons (Fsp3) is 0. The van der Waals surface area contributed by atoms with Gasteiger partial charge in [-0.3, -0.25) is 0 Å². The number of nitrogens with zero attached hydrogens (tertiary/aromatic N) is 1. The molecule has 16 heavy (non-hydrogen) atoms. The first-order chi connectivity index (χ1) is 7.65. The summed E-state index contributed by atoms with van der Waals surface area (Å²) in [6.07, 6.45) is 1.58. The van der Waals surface area contributed by atoms with Crippen molar-refractivity contribution < 1.29 is 4.39 Å². The van der Waals surface area contributed by atoms with Crippen molar-refractivity contribution in [1.82, 2.24) is 4.98 Å². The molecule has 0 radical (unpaired) electrons. The Morgan fingerprint density at radius 3 is 2.81 bits per heavy atom. The summed E-state index contributed by atoms with van der Waals surface area (Å²) in [5, 5.41) is 3.43. The van der Waals surface area contributed by atoms with E-state index in [0.29, 0.717) is 10.8 Å². The van der Waals surface area contributed by atoms with Crippen molar-refractivity contribution in [3.63, 3.8) is 0 Å². The van der Waals surface area contributed by atoms with Crippen molar-refractivity contribution in [1.29, 1.82) is 0 Å². The fourth-order valence-electron chi connectivity index (χ4n) is 1.23. The summed E-state index contributed by atoms with van der Waals surface area (Å²) in [6.45, 7) is 0. The van der Waals surface area contributed by atoms with E-state index in [1.165, 1.54) is 12.1 Å². The number of rotatable bonds is 2. The smallest absolute Gasteiger partial charge is 0.131 e. The molecule has 0 aliphatic heterocycles. The van der Waals surface area contributed by atoms with Crippen molar-refractivity contribution in [3.8, 4) is 0 Å². The number of benzene rings is 1. The van der Waals surface area contributed by atoms with Crippen LogP contribution in [0.15, 0.2) is 41.0 Å². The van der Waals surface area contributed by atoms with E-state index in [2.05, 4.69) is 26.2 Å². The van der Waals surface area contributed by atoms with Crippen LogP contribution in [0, 0.1) is 5.82 Å². The molecule has 0 saturated heterocycles. The Morgan fingerprint density at radius 1 is 1.25 bits per heavy atom. The van der Waals surface area contributed by atoms with Gasteiger partial charge < -0.3 is 5.32 Å². The van der Waals surface area contributed by atoms with Crippen LogP contribution in [0.2, 0.25) is 5.15 Å². The minimum Gasteiger partial charge on any atom is -0.354 e. The highest BCUT2D eigenvalue weighted by Crippen LogP contribution is 2.27. The Hall–Kier alpha value is -1.13. The molecule has 82 valence electrons. The molecule has 0 aliphatic carbocycles. The minimum absolute atomic E-state index is 0.300. The molecule has 5 heteroatoms. The van der Waals surface area contributed by atoms with Crippen LogP contribution in [0.5, 0.6) is 0 Å². The Balaban J connectivity index is 2.30. The molecular weight excluding hydrogens is 294 g/mol. The summed E-state index contributed by atoms with van der Waals surface area (Å²) < 4.78 is 13.8. The topological polar surface area (TPSA) is 24.9 Å². The summed E-state index contributed by atoms with van der Waals surface area (Å²) >= 11 is 9.07. The zero-order chi connectivity index (χ0) is 11.5. The van der Waals surface area contributed by atoms with Gasteiger partial charge in [-0.1, -0.05) is 11.6 Å². The third-order valence-corrected chi connectivity index (χ3v) is 2.83. The maximum absolute atomic E-state index is 13.0. The average Bonchev–Trinajstić information content (AvgIpc) is 2.24. The number of nitrogens with one attached hydrogen (secondary N) is 1. The Morgan fingerprint density at radius 2 is 2.06 bits per heavy atom. The molecule has 0 atom stereocenters. The number of halogens is 3. The van der Waals surface area contributed by atoms with Crippen LogP contribution in [0.25, 0.3) is 0 Å². The van der Waals surface area contributed by atoms with E-state index in [0.717, 1.165) is 10.2 Å². The fourth-order valence-corrected chi connectivity index (χ4v) is 1.75. The SMILES string of the molecule is Fc1ccc(Br)c(Nc2ccnc(Cl)c2)c1. The second-order valence-electron chi connectivity index (χ2n) is 3.12. The van der Waals surface area contributed by atoms with Gasteiger partial charge >= 0.3 is 0 Å². The summed E-state index contributed by atoms with van der Waals surface area (Å²) in [5.41, 5.74) is 1.40. The molecule has 1 N–H and O–H groups in total. The molecule has 0 amide bonds. The Kier molecular flexibility index (Phi) is 3.41. The zero-order valence-electron chi connectivity index (χ0n) is 8.05. The highest BCUT2D eigenvalue weighted by atomic mass is 79.9. The summed E-state index contributed by atoms with van der Waals surface area (Å²) in [4.78, 5) is 3.86. The molecule has 2 rings (SSSR count). The Labute approximate surface area is 106 Å². The third kappa shape index (κ3) is 2.71. The first kappa shape index (κ1) is 11.4. The van der Waals surface area contributed by atoms with Crippen LogP contribution in [0.3, 0.4) is 0 Å². The predicted octanol–water partition coefficient (Wildman–Crippen LogP) is 4.38. The second kappa shape index (κ2) is 4.80. The predicted molar refractivity (Wildman–Crippen MR) is 66.6 cm³/mol. The molecule has 1 heterocycles. The van der Waals surface area contributed by atoms with Crippen LogP contribution < -0.4 is 5.32 Å². The van der Waals surface area contributed by atoms with Crippen LogP contribution in [0.1, 0.15) is 0 Å². The van der Waals surface area contributed by atoms with Gasteiger partial charge in [0.1, 0.15) is 11.0 Å². The highest BCUT2D eigenvalue weighted by molar-refractivity contribution is 9.10. The molecule has 0 saturated carbocycles. The molecule has 0 fully saturated rings. The maximum Gasteiger partial charge on any atom is 0.131 e. The summed E-state index contributed by atoms with van der Waals surface area (Å²) in [6, 6.07) is 7.84. The third-order valence-electron chi connectivity index (χ3n) is 1.93. The van der Waals surface area contributed by atoms with Crippen LogP contribution >= 0.6 is 27.5 Å². The molecule has 1 aromatic heterocycles. The van der Waals surface area contributed by atoms with Gasteiger partial charge in [0.25, 0.3) is 0 Å². The standard InChI is InChI=1S/C11H7BrClFN2/c12-9-2-1-7(14)5-10(9)16-8-3-4-15-11(13)6-8/h1-6H,(H,15,16). The van der Waals surface area contributed by atoms with Gasteiger partial charge in [-0.15, -0.1) is 0 Å². The molecule has 0 bridgehead atoms. The molecule has 1 aromatic carbocycles. The second-order valence-corrected chi connectivity index (χ2v) is 4.36. The van der Waals surface area contributed by atoms with E-state index in [1.54, 1.807) is 24.4 Å². The van der Waals surface area contributed by atoms with Crippen LogP contribution in [0.4, 0.5) is 15.8 Å². The number of hydrogen-bond donors (Lipinski definition) is 1. The van der Waals surface area contributed by atoms with Gasteiger partial charge in [-0.2, -0.15) is 0 Å². The van der Waals surface area contributed by atoms with Gasteiger partial charge in [0.15, 0.2) is 0 Å². The van der Waals surface area contributed by atoms with E-state index in [1.807, 2.05) is 0 Å². The van der Waals surface area contributed by atoms with Gasteiger partial charge in [0, 0.05) is 16.4 Å². The maximum atomic E-state index is 13.0. The van der Waals surface area contributed by atoms with Crippen LogP contribution in [-0.2, 0) is 0 Å². The lowest BCUT2D eigenvalue weighted by molar-refractivity contribution is 0.628. The first-order valence-corrected chi connectivity index (χ1v) is 5.66. The number of anilines is 2. The number of hydrogen-bond acceptors (Lipinski definition) is 2. The summed E-state index contributed by atoms with van der Waals surface area (Å²) in [5.74, 6) is -0.300. The van der Waals surface area contributed by atoms with Gasteiger partial charge in [-0.25, -0.2) is 9.37 Å². The molecular formula is C11H7BrClFN2. The van der Waals surface area contributed by atoms with E-state index in [-0.39, 0.29) is 5.82 Å². The Bertz CT molecular complexity index is 519. The lowest BCUT2D eigenvalue weighted by Gasteiger charge is -2.08. The van der Waals surface area contributed by atoms with E-state index in [9.17, 15) is 4.39 Å². The minimum atomic E-state index is -0.300.